The van der Waals surface area contributed by atoms with Gasteiger partial charge < -0.3 is 4.74 Å². The molecule has 2 rings (SSSR count). The summed E-state index contributed by atoms with van der Waals surface area (Å²) < 4.78 is 5.82. The number of aromatic nitrogens is 1. The zero-order valence-electron chi connectivity index (χ0n) is 9.09. The van der Waals surface area contributed by atoms with E-state index in [0.29, 0.717) is 23.0 Å². The van der Waals surface area contributed by atoms with Crippen molar-refractivity contribution in [2.45, 2.75) is 44.8 Å². The van der Waals surface area contributed by atoms with Crippen molar-refractivity contribution in [3.8, 4) is 0 Å². The molecule has 16 heavy (non-hydrogen) atoms. The molecule has 1 aromatic heterocycles. The fourth-order valence-electron chi connectivity index (χ4n) is 1.99. The minimum Gasteiger partial charge on any atom is -0.373 e. The predicted octanol–water partition coefficient (Wildman–Crippen LogP) is 4.24. The van der Waals surface area contributed by atoms with E-state index >= 15 is 0 Å². The Morgan fingerprint density at radius 2 is 1.94 bits per heavy atom. The minimum atomic E-state index is 0.389. The van der Waals surface area contributed by atoms with Crippen LogP contribution in [0.15, 0.2) is 12.1 Å². The lowest BCUT2D eigenvalue weighted by atomic mass is 9.98. The van der Waals surface area contributed by atoms with Gasteiger partial charge in [-0.05, 0) is 18.9 Å². The standard InChI is InChI=1S/C12H15Cl2NO/c13-11-7-6-9(12(14)15-11)8-16-10-4-2-1-3-5-10/h6-7,10H,1-5,8H2. The SMILES string of the molecule is Clc1ccc(COC2CCCCC2)c(Cl)n1. The van der Waals surface area contributed by atoms with Crippen LogP contribution in [0.3, 0.4) is 0 Å². The largest absolute Gasteiger partial charge is 0.373 e. The molecule has 1 aliphatic rings. The first-order valence-electron chi connectivity index (χ1n) is 5.68. The van der Waals surface area contributed by atoms with Gasteiger partial charge in [0.15, 0.2) is 0 Å². The highest BCUT2D eigenvalue weighted by molar-refractivity contribution is 6.32. The maximum atomic E-state index is 5.97. The van der Waals surface area contributed by atoms with E-state index in [1.54, 1.807) is 6.07 Å². The number of rotatable bonds is 3. The monoisotopic (exact) mass is 259 g/mol. The number of ether oxygens (including phenoxy) is 1. The Bertz CT molecular complexity index is 351. The molecular weight excluding hydrogens is 245 g/mol. The highest BCUT2D eigenvalue weighted by atomic mass is 35.5. The molecule has 0 saturated heterocycles. The first-order valence-corrected chi connectivity index (χ1v) is 6.44. The van der Waals surface area contributed by atoms with Crippen LogP contribution >= 0.6 is 23.2 Å². The molecular formula is C12H15Cl2NO. The summed E-state index contributed by atoms with van der Waals surface area (Å²) in [4.78, 5) is 3.99. The van der Waals surface area contributed by atoms with E-state index in [0.717, 1.165) is 5.56 Å². The lowest BCUT2D eigenvalue weighted by molar-refractivity contribution is 0.0168. The van der Waals surface area contributed by atoms with E-state index in [2.05, 4.69) is 4.98 Å². The van der Waals surface area contributed by atoms with Crippen molar-refractivity contribution in [3.05, 3.63) is 28.0 Å². The van der Waals surface area contributed by atoms with Gasteiger partial charge in [0.05, 0.1) is 12.7 Å². The van der Waals surface area contributed by atoms with Gasteiger partial charge in [-0.3, -0.25) is 0 Å². The highest BCUT2D eigenvalue weighted by Crippen LogP contribution is 2.23. The first kappa shape index (κ1) is 12.2. The Hall–Kier alpha value is -0.310. The van der Waals surface area contributed by atoms with Crippen molar-refractivity contribution in [3.63, 3.8) is 0 Å². The van der Waals surface area contributed by atoms with Gasteiger partial charge in [-0.2, -0.15) is 0 Å². The Morgan fingerprint density at radius 1 is 1.19 bits per heavy atom. The Kier molecular flexibility index (Phi) is 4.45. The lowest BCUT2D eigenvalue weighted by Crippen LogP contribution is -2.16. The van der Waals surface area contributed by atoms with Gasteiger partial charge in [-0.15, -0.1) is 0 Å². The van der Waals surface area contributed by atoms with Crippen LogP contribution in [0.2, 0.25) is 10.3 Å². The smallest absolute Gasteiger partial charge is 0.136 e. The molecule has 1 aliphatic carbocycles. The van der Waals surface area contributed by atoms with Crippen LogP contribution in [-0.4, -0.2) is 11.1 Å². The summed E-state index contributed by atoms with van der Waals surface area (Å²) in [6.45, 7) is 0.535. The average molecular weight is 260 g/mol. The van der Waals surface area contributed by atoms with E-state index in [-0.39, 0.29) is 0 Å². The Labute approximate surface area is 106 Å². The van der Waals surface area contributed by atoms with Crippen LogP contribution in [0.5, 0.6) is 0 Å². The zero-order valence-corrected chi connectivity index (χ0v) is 10.6. The number of hydrogen-bond acceptors (Lipinski definition) is 2. The van der Waals surface area contributed by atoms with Gasteiger partial charge in [0.2, 0.25) is 0 Å². The molecule has 4 heteroatoms. The molecule has 0 spiro atoms. The van der Waals surface area contributed by atoms with Crippen molar-refractivity contribution in [2.75, 3.05) is 0 Å². The molecule has 1 heterocycles. The Morgan fingerprint density at radius 3 is 2.62 bits per heavy atom. The average Bonchev–Trinajstić information content (AvgIpc) is 2.29. The maximum absolute atomic E-state index is 5.97. The van der Waals surface area contributed by atoms with Crippen molar-refractivity contribution in [1.82, 2.24) is 4.98 Å². The maximum Gasteiger partial charge on any atom is 0.136 e. The summed E-state index contributed by atoms with van der Waals surface area (Å²) in [6, 6.07) is 3.62. The van der Waals surface area contributed by atoms with Crippen LogP contribution in [0, 0.1) is 0 Å². The summed E-state index contributed by atoms with van der Waals surface area (Å²) in [5.74, 6) is 0. The van der Waals surface area contributed by atoms with E-state index < -0.39 is 0 Å². The molecule has 1 aromatic rings. The van der Waals surface area contributed by atoms with E-state index in [1.165, 1.54) is 32.1 Å². The Balaban J connectivity index is 1.88. The molecule has 0 bridgehead atoms. The molecule has 0 amide bonds. The van der Waals surface area contributed by atoms with Gasteiger partial charge in [0.25, 0.3) is 0 Å². The first-order chi connectivity index (χ1) is 7.75. The molecule has 88 valence electrons. The molecule has 0 aromatic carbocycles. The van der Waals surface area contributed by atoms with Gasteiger partial charge in [0, 0.05) is 5.56 Å². The van der Waals surface area contributed by atoms with E-state index in [9.17, 15) is 0 Å². The van der Waals surface area contributed by atoms with Gasteiger partial charge >= 0.3 is 0 Å². The number of hydrogen-bond donors (Lipinski definition) is 0. The number of nitrogens with zero attached hydrogens (tertiary/aromatic N) is 1. The van der Waals surface area contributed by atoms with E-state index in [1.807, 2.05) is 6.07 Å². The van der Waals surface area contributed by atoms with Crippen molar-refractivity contribution in [1.29, 1.82) is 0 Å². The van der Waals surface area contributed by atoms with Crippen molar-refractivity contribution >= 4 is 23.2 Å². The fourth-order valence-corrected chi connectivity index (χ4v) is 2.39. The normalized spacial score (nSPS) is 17.6. The molecule has 0 atom stereocenters. The summed E-state index contributed by atoms with van der Waals surface area (Å²) >= 11 is 11.7. The number of halogens is 2. The molecule has 0 N–H and O–H groups in total. The second-order valence-corrected chi connectivity index (χ2v) is 4.90. The molecule has 2 nitrogen and oxygen atoms in total. The van der Waals surface area contributed by atoms with Crippen LogP contribution < -0.4 is 0 Å². The quantitative estimate of drug-likeness (QED) is 0.758. The predicted molar refractivity (Wildman–Crippen MR) is 65.9 cm³/mol. The summed E-state index contributed by atoms with van der Waals surface area (Å²) in [5.41, 5.74) is 0.914. The van der Waals surface area contributed by atoms with Crippen LogP contribution in [-0.2, 0) is 11.3 Å². The second kappa shape index (κ2) is 5.85. The third-order valence-electron chi connectivity index (χ3n) is 2.92. The van der Waals surface area contributed by atoms with Crippen LogP contribution in [0.25, 0.3) is 0 Å². The third kappa shape index (κ3) is 3.34. The molecule has 0 unspecified atom stereocenters. The lowest BCUT2D eigenvalue weighted by Gasteiger charge is -2.22. The van der Waals surface area contributed by atoms with Gasteiger partial charge in [-0.25, -0.2) is 4.98 Å². The minimum absolute atomic E-state index is 0.389. The fraction of sp³-hybridized carbons (Fsp3) is 0.583. The molecule has 0 aliphatic heterocycles. The summed E-state index contributed by atoms with van der Waals surface area (Å²) in [7, 11) is 0. The molecule has 1 fully saturated rings. The number of pyridine rings is 1. The summed E-state index contributed by atoms with van der Waals surface area (Å²) in [5, 5.41) is 0.870. The third-order valence-corrected chi connectivity index (χ3v) is 3.46. The topological polar surface area (TPSA) is 22.1 Å². The summed E-state index contributed by atoms with van der Waals surface area (Å²) in [6.07, 6.45) is 6.61. The van der Waals surface area contributed by atoms with Gasteiger partial charge in [0.1, 0.15) is 10.3 Å². The zero-order chi connectivity index (χ0) is 11.4. The highest BCUT2D eigenvalue weighted by Gasteiger charge is 2.14. The molecule has 0 radical (unpaired) electrons. The second-order valence-electron chi connectivity index (χ2n) is 4.15. The van der Waals surface area contributed by atoms with E-state index in [4.69, 9.17) is 27.9 Å². The van der Waals surface area contributed by atoms with Crippen LogP contribution in [0.1, 0.15) is 37.7 Å². The van der Waals surface area contributed by atoms with Gasteiger partial charge in [-0.1, -0.05) is 48.5 Å². The van der Waals surface area contributed by atoms with Crippen molar-refractivity contribution < 1.29 is 4.74 Å². The molecule has 1 saturated carbocycles. The van der Waals surface area contributed by atoms with Crippen molar-refractivity contribution in [2.24, 2.45) is 0 Å². The van der Waals surface area contributed by atoms with Crippen LogP contribution in [0.4, 0.5) is 0 Å².